The van der Waals surface area contributed by atoms with Crippen LogP contribution in [0.3, 0.4) is 0 Å². The van der Waals surface area contributed by atoms with Crippen LogP contribution in [0.1, 0.15) is 24.1 Å². The van der Waals surface area contributed by atoms with Crippen molar-refractivity contribution in [1.82, 2.24) is 4.57 Å². The minimum Gasteiger partial charge on any atom is -0.595 e. The average molecular weight is 336 g/mol. The lowest BCUT2D eigenvalue weighted by atomic mass is 10.0. The Kier molecular flexibility index (Phi) is 4.25. The van der Waals surface area contributed by atoms with E-state index in [1.54, 1.807) is 6.92 Å². The normalized spacial score (nSPS) is 13.4. The van der Waals surface area contributed by atoms with Crippen molar-refractivity contribution in [2.75, 3.05) is 5.73 Å². The SMILES string of the molecule is CC(c1ccccc1)n1c(N)c(C#N)c2ccc([NH+]([O-])O)cc2c1=O. The number of fused-ring (bicyclic) bond motifs is 1. The molecule has 0 bridgehead atoms. The van der Waals surface area contributed by atoms with E-state index < -0.39 is 16.8 Å². The quantitative estimate of drug-likeness (QED) is 0.626. The van der Waals surface area contributed by atoms with Gasteiger partial charge < -0.3 is 10.9 Å². The highest BCUT2D eigenvalue weighted by Crippen LogP contribution is 2.27. The van der Waals surface area contributed by atoms with Crippen LogP contribution in [-0.2, 0) is 0 Å². The molecule has 1 heterocycles. The zero-order valence-electron chi connectivity index (χ0n) is 13.4. The molecule has 0 radical (unpaired) electrons. The Hall–Kier alpha value is -3.18. The van der Waals surface area contributed by atoms with E-state index in [4.69, 9.17) is 5.73 Å². The first-order valence-corrected chi connectivity index (χ1v) is 7.61. The first-order chi connectivity index (χ1) is 12.0. The van der Waals surface area contributed by atoms with Gasteiger partial charge in [0, 0.05) is 17.5 Å². The van der Waals surface area contributed by atoms with Gasteiger partial charge in [-0.3, -0.25) is 9.36 Å². The molecule has 4 N–H and O–H groups in total. The number of quaternary nitrogens is 1. The number of nitrogens with zero attached hydrogens (tertiary/aromatic N) is 2. The minimum atomic E-state index is -1.14. The Morgan fingerprint density at radius 3 is 2.52 bits per heavy atom. The molecule has 2 aromatic carbocycles. The molecule has 0 saturated carbocycles. The summed E-state index contributed by atoms with van der Waals surface area (Å²) in [6.45, 7) is 1.81. The van der Waals surface area contributed by atoms with Crippen LogP contribution >= 0.6 is 0 Å². The number of nitrogen functional groups attached to an aromatic ring is 1. The predicted octanol–water partition coefficient (Wildman–Crippen LogP) is 1.47. The Labute approximate surface area is 143 Å². The fourth-order valence-electron chi connectivity index (χ4n) is 2.95. The van der Waals surface area contributed by atoms with Crippen LogP contribution < -0.4 is 16.5 Å². The standard InChI is InChI=1S/C18H16N4O3/c1-11(12-5-3-2-4-6-12)21-17(20)16(10-19)14-8-7-13(22(24)25)9-15(14)18(21)23/h2-9,11,22,24H,20H2,1H3. The highest BCUT2D eigenvalue weighted by Gasteiger charge is 2.20. The van der Waals surface area contributed by atoms with E-state index in [-0.39, 0.29) is 22.5 Å². The molecule has 0 aliphatic heterocycles. The second kappa shape index (κ2) is 6.37. The molecular formula is C18H16N4O3. The molecule has 1 aromatic heterocycles. The topological polar surface area (TPSA) is 120 Å². The fourth-order valence-corrected chi connectivity index (χ4v) is 2.95. The third-order valence-electron chi connectivity index (χ3n) is 4.28. The van der Waals surface area contributed by atoms with Gasteiger partial charge in [-0.2, -0.15) is 10.5 Å². The predicted molar refractivity (Wildman–Crippen MR) is 93.4 cm³/mol. The summed E-state index contributed by atoms with van der Waals surface area (Å²) >= 11 is 0. The fraction of sp³-hybridized carbons (Fsp3) is 0.111. The number of hydrogen-bond donors (Lipinski definition) is 3. The average Bonchev–Trinajstić information content (AvgIpc) is 2.62. The van der Waals surface area contributed by atoms with Crippen LogP contribution in [0.5, 0.6) is 0 Å². The van der Waals surface area contributed by atoms with E-state index in [1.165, 1.54) is 22.8 Å². The van der Waals surface area contributed by atoms with E-state index in [2.05, 4.69) is 0 Å². The van der Waals surface area contributed by atoms with Gasteiger partial charge in [0.05, 0.1) is 11.4 Å². The van der Waals surface area contributed by atoms with Gasteiger partial charge in [-0.15, -0.1) is 0 Å². The molecule has 0 spiro atoms. The van der Waals surface area contributed by atoms with Crippen molar-refractivity contribution in [3.05, 3.63) is 75.2 Å². The molecule has 3 rings (SSSR count). The molecule has 0 fully saturated rings. The maximum absolute atomic E-state index is 13.0. The summed E-state index contributed by atoms with van der Waals surface area (Å²) in [5.41, 5.74) is 6.70. The van der Waals surface area contributed by atoms with Crippen molar-refractivity contribution in [1.29, 1.82) is 5.26 Å². The summed E-state index contributed by atoms with van der Waals surface area (Å²) in [6.07, 6.45) is 0. The van der Waals surface area contributed by atoms with Gasteiger partial charge in [0.25, 0.3) is 5.56 Å². The Morgan fingerprint density at radius 1 is 1.24 bits per heavy atom. The van der Waals surface area contributed by atoms with E-state index in [9.17, 15) is 20.5 Å². The smallest absolute Gasteiger partial charge is 0.260 e. The molecular weight excluding hydrogens is 320 g/mol. The van der Waals surface area contributed by atoms with Crippen molar-refractivity contribution in [3.8, 4) is 6.07 Å². The zero-order valence-corrected chi connectivity index (χ0v) is 13.4. The zero-order chi connectivity index (χ0) is 18.1. The summed E-state index contributed by atoms with van der Waals surface area (Å²) in [6, 6.07) is 15.0. The molecule has 126 valence electrons. The molecule has 7 nitrogen and oxygen atoms in total. The van der Waals surface area contributed by atoms with Crippen LogP contribution in [0.25, 0.3) is 10.8 Å². The van der Waals surface area contributed by atoms with Gasteiger partial charge in [-0.1, -0.05) is 30.3 Å². The van der Waals surface area contributed by atoms with Crippen LogP contribution in [-0.4, -0.2) is 9.77 Å². The van der Waals surface area contributed by atoms with Crippen LogP contribution in [0.15, 0.2) is 53.3 Å². The number of nitriles is 1. The molecule has 2 unspecified atom stereocenters. The molecule has 7 heteroatoms. The largest absolute Gasteiger partial charge is 0.595 e. The van der Waals surface area contributed by atoms with Crippen molar-refractivity contribution >= 4 is 22.3 Å². The lowest BCUT2D eigenvalue weighted by Crippen LogP contribution is -2.99. The second-order valence-electron chi connectivity index (χ2n) is 5.70. The molecule has 0 amide bonds. The van der Waals surface area contributed by atoms with Crippen LogP contribution in [0, 0.1) is 16.5 Å². The summed E-state index contributed by atoms with van der Waals surface area (Å²) < 4.78 is 1.34. The minimum absolute atomic E-state index is 0.0165. The first-order valence-electron chi connectivity index (χ1n) is 7.61. The maximum atomic E-state index is 13.0. The van der Waals surface area contributed by atoms with Crippen molar-refractivity contribution in [2.45, 2.75) is 13.0 Å². The summed E-state index contributed by atoms with van der Waals surface area (Å²) in [4.78, 5) is 13.0. The lowest BCUT2D eigenvalue weighted by molar-refractivity contribution is -0.991. The molecule has 0 aliphatic rings. The van der Waals surface area contributed by atoms with Crippen molar-refractivity contribution < 1.29 is 10.4 Å². The van der Waals surface area contributed by atoms with E-state index >= 15 is 0 Å². The van der Waals surface area contributed by atoms with Crippen molar-refractivity contribution in [3.63, 3.8) is 0 Å². The number of pyridine rings is 1. The number of rotatable bonds is 3. The number of hydrogen-bond acceptors (Lipinski definition) is 5. The van der Waals surface area contributed by atoms with E-state index in [1.807, 2.05) is 36.4 Å². The van der Waals surface area contributed by atoms with Gasteiger partial charge in [-0.25, -0.2) is 5.21 Å². The third-order valence-corrected chi connectivity index (χ3v) is 4.28. The Balaban J connectivity index is 2.36. The Bertz CT molecular complexity index is 1040. The van der Waals surface area contributed by atoms with E-state index in [0.29, 0.717) is 5.39 Å². The van der Waals surface area contributed by atoms with Gasteiger partial charge in [0.15, 0.2) is 5.69 Å². The molecule has 2 atom stereocenters. The molecule has 3 aromatic rings. The van der Waals surface area contributed by atoms with Gasteiger partial charge >= 0.3 is 0 Å². The van der Waals surface area contributed by atoms with Crippen LogP contribution in [0.4, 0.5) is 11.5 Å². The van der Waals surface area contributed by atoms with Crippen molar-refractivity contribution in [2.24, 2.45) is 0 Å². The van der Waals surface area contributed by atoms with Gasteiger partial charge in [-0.05, 0) is 18.6 Å². The van der Waals surface area contributed by atoms with Gasteiger partial charge in [0.1, 0.15) is 17.5 Å². The number of aromatic nitrogens is 1. The maximum Gasteiger partial charge on any atom is 0.260 e. The monoisotopic (exact) mass is 336 g/mol. The first kappa shape index (κ1) is 16.7. The van der Waals surface area contributed by atoms with Crippen LogP contribution in [0.2, 0.25) is 0 Å². The number of nitrogens with two attached hydrogens (primary N) is 1. The summed E-state index contributed by atoms with van der Waals surface area (Å²) in [5.74, 6) is 0.0689. The molecule has 0 aliphatic carbocycles. The highest BCUT2D eigenvalue weighted by molar-refractivity contribution is 5.92. The number of anilines is 1. The highest BCUT2D eigenvalue weighted by atomic mass is 16.8. The third kappa shape index (κ3) is 2.75. The molecule has 0 saturated heterocycles. The summed E-state index contributed by atoms with van der Waals surface area (Å²) in [5, 5.41) is 29.3. The molecule has 25 heavy (non-hydrogen) atoms. The lowest BCUT2D eigenvalue weighted by Gasteiger charge is -2.20. The Morgan fingerprint density at radius 2 is 1.92 bits per heavy atom. The van der Waals surface area contributed by atoms with Gasteiger partial charge in [0.2, 0.25) is 0 Å². The number of nitrogens with one attached hydrogen (secondary N) is 1. The summed E-state index contributed by atoms with van der Waals surface area (Å²) in [7, 11) is 0. The second-order valence-corrected chi connectivity index (χ2v) is 5.70. The number of benzene rings is 2. The van der Waals surface area contributed by atoms with E-state index in [0.717, 1.165) is 5.56 Å².